The molecule has 2 heteroatoms. The maximum atomic E-state index is 5.81. The van der Waals surface area contributed by atoms with Gasteiger partial charge in [-0.15, -0.1) is 0 Å². The Kier molecular flexibility index (Phi) is 5.71. The van der Waals surface area contributed by atoms with E-state index >= 15 is 0 Å². The third-order valence-corrected chi connectivity index (χ3v) is 5.12. The summed E-state index contributed by atoms with van der Waals surface area (Å²) < 4.78 is 0. The van der Waals surface area contributed by atoms with E-state index in [0.717, 1.165) is 11.8 Å². The lowest BCUT2D eigenvalue weighted by atomic mass is 9.76. The lowest BCUT2D eigenvalue weighted by Gasteiger charge is -2.34. The van der Waals surface area contributed by atoms with Gasteiger partial charge in [0.2, 0.25) is 0 Å². The third kappa shape index (κ3) is 3.83. The Balaban J connectivity index is 1.83. The monoisotopic (exact) mass is 250 g/mol. The largest absolute Gasteiger partial charge is 0.271 e. The van der Waals surface area contributed by atoms with Gasteiger partial charge >= 0.3 is 0 Å². The summed E-state index contributed by atoms with van der Waals surface area (Å²) in [4.78, 5) is 0. The van der Waals surface area contributed by atoms with Crippen LogP contribution in [0.3, 0.4) is 0 Å². The van der Waals surface area contributed by atoms with Crippen molar-refractivity contribution >= 4 is 0 Å². The van der Waals surface area contributed by atoms with E-state index in [-0.39, 0.29) is 0 Å². The van der Waals surface area contributed by atoms with E-state index in [1.54, 1.807) is 5.57 Å². The summed E-state index contributed by atoms with van der Waals surface area (Å²) in [5, 5.41) is 0. The van der Waals surface area contributed by atoms with Gasteiger partial charge in [-0.3, -0.25) is 11.3 Å². The minimum Gasteiger partial charge on any atom is -0.271 e. The molecular weight excluding hydrogens is 220 g/mol. The molecule has 0 heterocycles. The smallest absolute Gasteiger partial charge is 0.0275 e. The first-order chi connectivity index (χ1) is 8.83. The van der Waals surface area contributed by atoms with Crippen molar-refractivity contribution in [3.05, 3.63) is 11.6 Å². The molecule has 0 aromatic heterocycles. The molecule has 3 N–H and O–H groups in total. The van der Waals surface area contributed by atoms with Gasteiger partial charge < -0.3 is 0 Å². The molecule has 0 spiro atoms. The standard InChI is InChI=1S/C16H30N2/c1-2-13-8-10-15(11-9-13)16(18-17)12-14-6-4-3-5-7-14/h6,13,15-16,18H,2-5,7-12,17H2,1H3. The summed E-state index contributed by atoms with van der Waals surface area (Å²) in [6, 6.07) is 0.521. The molecule has 18 heavy (non-hydrogen) atoms. The minimum atomic E-state index is 0.521. The molecule has 2 aliphatic carbocycles. The summed E-state index contributed by atoms with van der Waals surface area (Å²) in [6.07, 6.45) is 16.0. The SMILES string of the molecule is CCC1CCC(C(CC2=CCCCC2)NN)CC1. The second kappa shape index (κ2) is 7.30. The number of nitrogens with one attached hydrogen (secondary N) is 1. The number of rotatable bonds is 5. The fourth-order valence-corrected chi connectivity index (χ4v) is 3.73. The number of nitrogens with two attached hydrogens (primary N) is 1. The molecule has 1 saturated carbocycles. The van der Waals surface area contributed by atoms with E-state index in [4.69, 9.17) is 5.84 Å². The van der Waals surface area contributed by atoms with Gasteiger partial charge in [0.15, 0.2) is 0 Å². The van der Waals surface area contributed by atoms with Crippen molar-refractivity contribution in [3.63, 3.8) is 0 Å². The van der Waals surface area contributed by atoms with Crippen LogP contribution in [0.25, 0.3) is 0 Å². The van der Waals surface area contributed by atoms with Crippen molar-refractivity contribution in [2.75, 3.05) is 0 Å². The molecule has 104 valence electrons. The van der Waals surface area contributed by atoms with Gasteiger partial charge in [-0.05, 0) is 56.8 Å². The summed E-state index contributed by atoms with van der Waals surface area (Å²) in [6.45, 7) is 2.33. The van der Waals surface area contributed by atoms with Crippen LogP contribution in [-0.4, -0.2) is 6.04 Å². The van der Waals surface area contributed by atoms with Crippen LogP contribution in [0.15, 0.2) is 11.6 Å². The highest BCUT2D eigenvalue weighted by atomic mass is 15.2. The zero-order valence-corrected chi connectivity index (χ0v) is 12.0. The Morgan fingerprint density at radius 2 is 2.06 bits per heavy atom. The maximum Gasteiger partial charge on any atom is 0.0275 e. The van der Waals surface area contributed by atoms with E-state index in [2.05, 4.69) is 18.4 Å². The van der Waals surface area contributed by atoms with Crippen molar-refractivity contribution < 1.29 is 0 Å². The van der Waals surface area contributed by atoms with Crippen molar-refractivity contribution in [2.24, 2.45) is 17.7 Å². The molecule has 0 radical (unpaired) electrons. The second-order valence-corrected chi connectivity index (χ2v) is 6.27. The first kappa shape index (κ1) is 14.1. The van der Waals surface area contributed by atoms with E-state index in [0.29, 0.717) is 6.04 Å². The molecule has 2 rings (SSSR count). The van der Waals surface area contributed by atoms with Gasteiger partial charge in [0.1, 0.15) is 0 Å². The third-order valence-electron chi connectivity index (χ3n) is 5.12. The Morgan fingerprint density at radius 1 is 1.28 bits per heavy atom. The van der Waals surface area contributed by atoms with Crippen LogP contribution in [0.4, 0.5) is 0 Å². The minimum absolute atomic E-state index is 0.521. The topological polar surface area (TPSA) is 38.0 Å². The van der Waals surface area contributed by atoms with Crippen LogP contribution in [0.1, 0.15) is 71.1 Å². The zero-order chi connectivity index (χ0) is 12.8. The van der Waals surface area contributed by atoms with Gasteiger partial charge in [-0.2, -0.15) is 0 Å². The van der Waals surface area contributed by atoms with E-state index in [9.17, 15) is 0 Å². The number of hydrogen-bond acceptors (Lipinski definition) is 2. The highest BCUT2D eigenvalue weighted by molar-refractivity contribution is 5.07. The molecule has 0 aliphatic heterocycles. The molecule has 2 aliphatic rings. The Labute approximate surface area is 112 Å². The fourth-order valence-electron chi connectivity index (χ4n) is 3.73. The molecule has 1 atom stereocenters. The van der Waals surface area contributed by atoms with E-state index < -0.39 is 0 Å². The molecule has 0 bridgehead atoms. The van der Waals surface area contributed by atoms with Crippen LogP contribution >= 0.6 is 0 Å². The first-order valence-electron chi connectivity index (χ1n) is 7.97. The van der Waals surface area contributed by atoms with Crippen LogP contribution in [0.2, 0.25) is 0 Å². The number of allylic oxidation sites excluding steroid dienone is 1. The lowest BCUT2D eigenvalue weighted by Crippen LogP contribution is -2.42. The summed E-state index contributed by atoms with van der Waals surface area (Å²) in [7, 11) is 0. The summed E-state index contributed by atoms with van der Waals surface area (Å²) >= 11 is 0. The average Bonchev–Trinajstić information content (AvgIpc) is 2.46. The molecule has 0 amide bonds. The van der Waals surface area contributed by atoms with E-state index in [1.165, 1.54) is 64.2 Å². The molecule has 2 nitrogen and oxygen atoms in total. The van der Waals surface area contributed by atoms with Crippen LogP contribution < -0.4 is 11.3 Å². The van der Waals surface area contributed by atoms with Gasteiger partial charge in [0.05, 0.1) is 0 Å². The predicted molar refractivity (Wildman–Crippen MR) is 78.0 cm³/mol. The van der Waals surface area contributed by atoms with Gasteiger partial charge in [-0.25, -0.2) is 0 Å². The normalized spacial score (nSPS) is 30.9. The van der Waals surface area contributed by atoms with Crippen molar-refractivity contribution in [1.29, 1.82) is 0 Å². The zero-order valence-electron chi connectivity index (χ0n) is 12.0. The molecular formula is C16H30N2. The summed E-state index contributed by atoms with van der Waals surface area (Å²) in [5.41, 5.74) is 4.77. The Bertz CT molecular complexity index is 264. The molecule has 0 aromatic carbocycles. The lowest BCUT2D eigenvalue weighted by molar-refractivity contribution is 0.216. The molecule has 0 aromatic rings. The van der Waals surface area contributed by atoms with Crippen LogP contribution in [0, 0.1) is 11.8 Å². The maximum absolute atomic E-state index is 5.81. The first-order valence-corrected chi connectivity index (χ1v) is 7.97. The van der Waals surface area contributed by atoms with Crippen molar-refractivity contribution in [1.82, 2.24) is 5.43 Å². The van der Waals surface area contributed by atoms with Gasteiger partial charge in [0.25, 0.3) is 0 Å². The van der Waals surface area contributed by atoms with Crippen molar-refractivity contribution in [3.8, 4) is 0 Å². The van der Waals surface area contributed by atoms with Crippen LogP contribution in [0.5, 0.6) is 0 Å². The van der Waals surface area contributed by atoms with Gasteiger partial charge in [-0.1, -0.05) is 37.8 Å². The molecule has 0 saturated heterocycles. The Morgan fingerprint density at radius 3 is 2.61 bits per heavy atom. The van der Waals surface area contributed by atoms with Gasteiger partial charge in [0, 0.05) is 6.04 Å². The Hall–Kier alpha value is -0.340. The highest BCUT2D eigenvalue weighted by Gasteiger charge is 2.27. The molecule has 1 fully saturated rings. The quantitative estimate of drug-likeness (QED) is 0.441. The summed E-state index contributed by atoms with van der Waals surface area (Å²) in [5.74, 6) is 7.60. The molecule has 1 unspecified atom stereocenters. The van der Waals surface area contributed by atoms with Crippen LogP contribution in [-0.2, 0) is 0 Å². The number of hydrazine groups is 1. The average molecular weight is 250 g/mol. The fraction of sp³-hybridized carbons (Fsp3) is 0.875. The van der Waals surface area contributed by atoms with Crippen molar-refractivity contribution in [2.45, 2.75) is 77.2 Å². The highest BCUT2D eigenvalue weighted by Crippen LogP contribution is 2.34. The van der Waals surface area contributed by atoms with E-state index in [1.807, 2.05) is 0 Å². The second-order valence-electron chi connectivity index (χ2n) is 6.27. The predicted octanol–water partition coefficient (Wildman–Crippen LogP) is 3.93. The number of hydrogen-bond donors (Lipinski definition) is 2.